The Balaban J connectivity index is 0.000000184. The van der Waals surface area contributed by atoms with E-state index in [2.05, 4.69) is 4.98 Å². The van der Waals surface area contributed by atoms with E-state index in [-0.39, 0.29) is 5.24 Å². The van der Waals surface area contributed by atoms with Gasteiger partial charge in [0.15, 0.2) is 0 Å². The average Bonchev–Trinajstić information content (AvgIpc) is 2.41. The molecular weight excluding hydrogens is 248 g/mol. The Hall–Kier alpha value is -1.71. The lowest BCUT2D eigenvalue weighted by atomic mass is 10.2. The molecule has 0 unspecified atom stereocenters. The Morgan fingerprint density at radius 3 is 2.11 bits per heavy atom. The zero-order valence-electron chi connectivity index (χ0n) is 9.92. The van der Waals surface area contributed by atoms with Crippen molar-refractivity contribution in [1.29, 1.82) is 0 Å². The summed E-state index contributed by atoms with van der Waals surface area (Å²) < 4.78 is 0. The van der Waals surface area contributed by atoms with E-state index in [0.717, 1.165) is 11.1 Å². The third kappa shape index (κ3) is 6.13. The van der Waals surface area contributed by atoms with Crippen molar-refractivity contribution >= 4 is 16.8 Å². The Morgan fingerprint density at radius 1 is 1.06 bits per heavy atom. The number of carbonyl (C=O) groups is 1. The van der Waals surface area contributed by atoms with Crippen molar-refractivity contribution in [1.82, 2.24) is 4.98 Å². The first-order chi connectivity index (χ1) is 8.72. The number of nitrogens with two attached hydrogens (primary N) is 1. The molecule has 0 atom stereocenters. The molecule has 0 radical (unpaired) electrons. The van der Waals surface area contributed by atoms with Gasteiger partial charge >= 0.3 is 0 Å². The second-order valence-corrected chi connectivity index (χ2v) is 4.00. The maximum Gasteiger partial charge on any atom is 0.226 e. The van der Waals surface area contributed by atoms with Gasteiger partial charge < -0.3 is 5.73 Å². The van der Waals surface area contributed by atoms with Crippen LogP contribution < -0.4 is 5.73 Å². The van der Waals surface area contributed by atoms with E-state index in [1.807, 2.05) is 42.5 Å². The highest BCUT2D eigenvalue weighted by molar-refractivity contribution is 6.63. The lowest BCUT2D eigenvalue weighted by molar-refractivity contribution is -0.111. The molecule has 0 bridgehead atoms. The normalized spacial score (nSPS) is 9.22. The van der Waals surface area contributed by atoms with Crippen molar-refractivity contribution < 1.29 is 4.79 Å². The molecule has 0 amide bonds. The standard InChI is InChI=1S/C8H7ClO.C6H8N2/c9-8(10)6-7-4-2-1-3-5-7;7-5-6-1-3-8-4-2-6/h1-5H,6H2;1-4H,5,7H2. The van der Waals surface area contributed by atoms with Gasteiger partial charge in [0.05, 0.1) is 0 Å². The topological polar surface area (TPSA) is 56.0 Å². The number of benzene rings is 1. The van der Waals surface area contributed by atoms with E-state index in [1.165, 1.54) is 0 Å². The van der Waals surface area contributed by atoms with Gasteiger partial charge in [0.25, 0.3) is 0 Å². The van der Waals surface area contributed by atoms with Crippen molar-refractivity contribution in [2.75, 3.05) is 0 Å². The molecule has 18 heavy (non-hydrogen) atoms. The van der Waals surface area contributed by atoms with Crippen LogP contribution >= 0.6 is 11.6 Å². The predicted molar refractivity (Wildman–Crippen MR) is 73.1 cm³/mol. The summed E-state index contributed by atoms with van der Waals surface area (Å²) in [6.45, 7) is 0.600. The number of rotatable bonds is 3. The Bertz CT molecular complexity index is 460. The SMILES string of the molecule is NCc1ccncc1.O=C(Cl)Cc1ccccc1. The van der Waals surface area contributed by atoms with Crippen LogP contribution in [0.5, 0.6) is 0 Å². The zero-order chi connectivity index (χ0) is 13.2. The summed E-state index contributed by atoms with van der Waals surface area (Å²) in [5.41, 5.74) is 7.41. The molecule has 94 valence electrons. The van der Waals surface area contributed by atoms with Gasteiger partial charge in [-0.2, -0.15) is 0 Å². The first kappa shape index (κ1) is 14.4. The van der Waals surface area contributed by atoms with Crippen LogP contribution in [0.4, 0.5) is 0 Å². The van der Waals surface area contributed by atoms with Crippen LogP contribution in [-0.2, 0) is 17.8 Å². The number of hydrogen-bond donors (Lipinski definition) is 1. The molecule has 0 aliphatic carbocycles. The smallest absolute Gasteiger partial charge is 0.226 e. The molecule has 1 aromatic heterocycles. The maximum atomic E-state index is 10.4. The molecule has 0 spiro atoms. The van der Waals surface area contributed by atoms with Gasteiger partial charge in [0, 0.05) is 25.4 Å². The minimum Gasteiger partial charge on any atom is -0.326 e. The molecule has 2 rings (SSSR count). The summed E-state index contributed by atoms with van der Waals surface area (Å²) in [4.78, 5) is 14.2. The van der Waals surface area contributed by atoms with E-state index >= 15 is 0 Å². The van der Waals surface area contributed by atoms with Crippen molar-refractivity contribution in [2.45, 2.75) is 13.0 Å². The summed E-state index contributed by atoms with van der Waals surface area (Å²) >= 11 is 5.17. The second kappa shape index (κ2) is 8.39. The largest absolute Gasteiger partial charge is 0.326 e. The van der Waals surface area contributed by atoms with E-state index < -0.39 is 0 Å². The number of nitrogens with zero attached hydrogens (tertiary/aromatic N) is 1. The first-order valence-electron chi connectivity index (χ1n) is 5.53. The van der Waals surface area contributed by atoms with Crippen LogP contribution in [0.3, 0.4) is 0 Å². The van der Waals surface area contributed by atoms with Crippen molar-refractivity contribution in [3.8, 4) is 0 Å². The third-order valence-electron chi connectivity index (χ3n) is 2.17. The quantitative estimate of drug-likeness (QED) is 0.865. The Kier molecular flexibility index (Phi) is 6.69. The van der Waals surface area contributed by atoms with Gasteiger partial charge in [-0.3, -0.25) is 9.78 Å². The third-order valence-corrected chi connectivity index (χ3v) is 2.30. The zero-order valence-corrected chi connectivity index (χ0v) is 10.7. The van der Waals surface area contributed by atoms with Gasteiger partial charge in [-0.1, -0.05) is 30.3 Å². The Labute approximate surface area is 112 Å². The highest BCUT2D eigenvalue weighted by atomic mass is 35.5. The average molecular weight is 263 g/mol. The highest BCUT2D eigenvalue weighted by Gasteiger charge is 1.96. The van der Waals surface area contributed by atoms with Crippen LogP contribution in [0.2, 0.25) is 0 Å². The van der Waals surface area contributed by atoms with Crippen LogP contribution in [0, 0.1) is 0 Å². The number of hydrogen-bond acceptors (Lipinski definition) is 3. The molecule has 0 aliphatic heterocycles. The van der Waals surface area contributed by atoms with Gasteiger partial charge in [0.2, 0.25) is 5.24 Å². The molecule has 0 fully saturated rings. The number of pyridine rings is 1. The molecule has 1 heterocycles. The molecule has 2 N–H and O–H groups in total. The van der Waals surface area contributed by atoms with Gasteiger partial charge in [-0.25, -0.2) is 0 Å². The Morgan fingerprint density at radius 2 is 1.67 bits per heavy atom. The summed E-state index contributed by atoms with van der Waals surface area (Å²) in [5.74, 6) is 0. The molecule has 2 aromatic rings. The first-order valence-corrected chi connectivity index (χ1v) is 5.91. The number of carbonyl (C=O) groups excluding carboxylic acids is 1. The van der Waals surface area contributed by atoms with E-state index in [4.69, 9.17) is 17.3 Å². The van der Waals surface area contributed by atoms with Crippen LogP contribution in [0.15, 0.2) is 54.9 Å². The van der Waals surface area contributed by atoms with E-state index in [9.17, 15) is 4.79 Å². The van der Waals surface area contributed by atoms with Crippen LogP contribution in [0.1, 0.15) is 11.1 Å². The molecule has 0 saturated carbocycles. The minimum atomic E-state index is -0.314. The molecule has 1 aromatic carbocycles. The summed E-state index contributed by atoms with van der Waals surface area (Å²) in [5, 5.41) is -0.314. The van der Waals surface area contributed by atoms with Crippen molar-refractivity contribution in [3.63, 3.8) is 0 Å². The molecular formula is C14H15ClN2O. The van der Waals surface area contributed by atoms with E-state index in [0.29, 0.717) is 13.0 Å². The summed E-state index contributed by atoms with van der Waals surface area (Å²) in [7, 11) is 0. The monoisotopic (exact) mass is 262 g/mol. The number of aromatic nitrogens is 1. The summed E-state index contributed by atoms with van der Waals surface area (Å²) in [6.07, 6.45) is 3.80. The predicted octanol–water partition coefficient (Wildman–Crippen LogP) is 2.53. The lowest BCUT2D eigenvalue weighted by Gasteiger charge is -1.92. The fraction of sp³-hybridized carbons (Fsp3) is 0.143. The van der Waals surface area contributed by atoms with E-state index in [1.54, 1.807) is 12.4 Å². The maximum absolute atomic E-state index is 10.4. The fourth-order valence-electron chi connectivity index (χ4n) is 1.28. The van der Waals surface area contributed by atoms with Gasteiger partial charge in [-0.15, -0.1) is 0 Å². The summed E-state index contributed by atoms with van der Waals surface area (Å²) in [6, 6.07) is 13.2. The van der Waals surface area contributed by atoms with Crippen LogP contribution in [-0.4, -0.2) is 10.2 Å². The minimum absolute atomic E-state index is 0.314. The molecule has 0 aliphatic rings. The van der Waals surface area contributed by atoms with Gasteiger partial charge in [0.1, 0.15) is 0 Å². The molecule has 3 nitrogen and oxygen atoms in total. The van der Waals surface area contributed by atoms with Gasteiger partial charge in [-0.05, 0) is 34.9 Å². The molecule has 4 heteroatoms. The lowest BCUT2D eigenvalue weighted by Crippen LogP contribution is -1.94. The fourth-order valence-corrected chi connectivity index (χ4v) is 1.43. The second-order valence-electron chi connectivity index (χ2n) is 3.58. The van der Waals surface area contributed by atoms with Crippen molar-refractivity contribution in [3.05, 3.63) is 66.0 Å². The molecule has 0 saturated heterocycles. The highest BCUT2D eigenvalue weighted by Crippen LogP contribution is 2.00. The van der Waals surface area contributed by atoms with Crippen molar-refractivity contribution in [2.24, 2.45) is 5.73 Å². The van der Waals surface area contributed by atoms with Crippen LogP contribution in [0.25, 0.3) is 0 Å². The number of halogens is 1.